The monoisotopic (exact) mass is 451 g/mol. The Balaban J connectivity index is 1.59. The molecule has 2 aromatic heterocycles. The number of ether oxygens (including phenoxy) is 2. The minimum absolute atomic E-state index is 0.0646. The Hall–Kier alpha value is -3.79. The molecule has 0 aliphatic carbocycles. The van der Waals surface area contributed by atoms with E-state index in [0.717, 1.165) is 11.8 Å². The minimum atomic E-state index is -0.272. The van der Waals surface area contributed by atoms with Gasteiger partial charge in [0.25, 0.3) is 5.56 Å². The highest BCUT2D eigenvalue weighted by atomic mass is 32.2. The highest BCUT2D eigenvalue weighted by molar-refractivity contribution is 7.99. The molecule has 0 bridgehead atoms. The Morgan fingerprint density at radius 2 is 1.84 bits per heavy atom. The number of carbonyl (C=O) groups is 1. The maximum Gasteiger partial charge on any atom is 0.269 e. The molecule has 2 N–H and O–H groups in total. The molecule has 0 atom stereocenters. The molecule has 0 fully saturated rings. The zero-order chi connectivity index (χ0) is 22.5. The van der Waals surface area contributed by atoms with E-state index in [-0.39, 0.29) is 17.2 Å². The number of aromatic amines is 1. The summed E-state index contributed by atoms with van der Waals surface area (Å²) < 4.78 is 12.1. The number of anilines is 1. The van der Waals surface area contributed by atoms with E-state index in [4.69, 9.17) is 9.47 Å². The fraction of sp³-hybridized carbons (Fsp3) is 0.182. The second-order valence-corrected chi connectivity index (χ2v) is 7.60. The molecule has 10 heteroatoms. The number of carbonyl (C=O) groups excluding carboxylic acids is 1. The number of fused-ring (bicyclic) bond motifs is 1. The van der Waals surface area contributed by atoms with Crippen molar-refractivity contribution in [3.63, 3.8) is 0 Å². The van der Waals surface area contributed by atoms with Crippen LogP contribution in [-0.2, 0) is 4.79 Å². The van der Waals surface area contributed by atoms with E-state index in [9.17, 15) is 9.59 Å². The summed E-state index contributed by atoms with van der Waals surface area (Å²) in [5.41, 5.74) is 1.37. The second-order valence-electron chi connectivity index (χ2n) is 6.66. The molecule has 0 radical (unpaired) electrons. The van der Waals surface area contributed by atoms with Crippen LogP contribution in [0.2, 0.25) is 0 Å². The molecule has 9 nitrogen and oxygen atoms in total. The summed E-state index contributed by atoms with van der Waals surface area (Å²) >= 11 is 1.16. The summed E-state index contributed by atoms with van der Waals surface area (Å²) in [6.45, 7) is 2.45. The van der Waals surface area contributed by atoms with Crippen molar-refractivity contribution in [3.8, 4) is 17.2 Å². The molecule has 1 amide bonds. The number of amides is 1. The zero-order valence-electron chi connectivity index (χ0n) is 17.5. The predicted molar refractivity (Wildman–Crippen MR) is 123 cm³/mol. The molecular weight excluding hydrogens is 430 g/mol. The van der Waals surface area contributed by atoms with Crippen molar-refractivity contribution in [2.24, 2.45) is 0 Å². The van der Waals surface area contributed by atoms with Crippen LogP contribution in [0.5, 0.6) is 11.5 Å². The van der Waals surface area contributed by atoms with Crippen molar-refractivity contribution >= 4 is 34.4 Å². The average Bonchev–Trinajstić information content (AvgIpc) is 3.28. The largest absolute Gasteiger partial charge is 0.497 e. The summed E-state index contributed by atoms with van der Waals surface area (Å²) in [5, 5.41) is 10.2. The zero-order valence-corrected chi connectivity index (χ0v) is 18.3. The van der Waals surface area contributed by atoms with Crippen molar-refractivity contribution in [1.29, 1.82) is 0 Å². The lowest BCUT2D eigenvalue weighted by molar-refractivity contribution is -0.113. The topological polar surface area (TPSA) is 111 Å². The van der Waals surface area contributed by atoms with E-state index in [1.807, 2.05) is 6.92 Å². The Labute approximate surface area is 187 Å². The number of benzene rings is 2. The maximum absolute atomic E-state index is 13.1. The smallest absolute Gasteiger partial charge is 0.269 e. The van der Waals surface area contributed by atoms with Gasteiger partial charge in [-0.2, -0.15) is 5.10 Å². The summed E-state index contributed by atoms with van der Waals surface area (Å²) in [4.78, 5) is 30.1. The molecule has 0 unspecified atom stereocenters. The van der Waals surface area contributed by atoms with E-state index >= 15 is 0 Å². The number of aromatic nitrogens is 4. The number of hydrogen-bond donors (Lipinski definition) is 2. The molecule has 4 rings (SSSR count). The molecule has 0 aliphatic heterocycles. The quantitative estimate of drug-likeness (QED) is 0.312. The molecule has 2 aromatic carbocycles. The molecule has 2 heterocycles. The van der Waals surface area contributed by atoms with Crippen LogP contribution in [0.25, 0.3) is 16.7 Å². The van der Waals surface area contributed by atoms with Crippen LogP contribution >= 0.6 is 11.8 Å². The van der Waals surface area contributed by atoms with Gasteiger partial charge in [-0.15, -0.1) is 0 Å². The van der Waals surface area contributed by atoms with E-state index in [1.165, 1.54) is 10.8 Å². The van der Waals surface area contributed by atoms with Crippen molar-refractivity contribution in [2.75, 3.05) is 24.8 Å². The van der Waals surface area contributed by atoms with Gasteiger partial charge in [-0.3, -0.25) is 19.3 Å². The number of H-pyrrole nitrogens is 1. The van der Waals surface area contributed by atoms with Gasteiger partial charge in [0.05, 0.1) is 31.4 Å². The van der Waals surface area contributed by atoms with Crippen LogP contribution in [0, 0.1) is 0 Å². The molecule has 0 saturated heterocycles. The lowest BCUT2D eigenvalue weighted by Crippen LogP contribution is -2.22. The van der Waals surface area contributed by atoms with Gasteiger partial charge in [-0.25, -0.2) is 4.98 Å². The lowest BCUT2D eigenvalue weighted by atomic mass is 10.3. The third-order valence-corrected chi connectivity index (χ3v) is 5.50. The predicted octanol–water partition coefficient (Wildman–Crippen LogP) is 3.25. The normalized spacial score (nSPS) is 10.8. The molecule has 0 spiro atoms. The van der Waals surface area contributed by atoms with Gasteiger partial charge in [-0.1, -0.05) is 11.8 Å². The first-order valence-corrected chi connectivity index (χ1v) is 10.8. The van der Waals surface area contributed by atoms with Gasteiger partial charge in [0, 0.05) is 5.69 Å². The highest BCUT2D eigenvalue weighted by Crippen LogP contribution is 2.23. The van der Waals surface area contributed by atoms with Crippen LogP contribution in [0.4, 0.5) is 5.69 Å². The molecule has 4 aromatic rings. The maximum atomic E-state index is 13.1. The van der Waals surface area contributed by atoms with Crippen LogP contribution in [0.1, 0.15) is 6.92 Å². The fourth-order valence-corrected chi connectivity index (χ4v) is 3.86. The highest BCUT2D eigenvalue weighted by Gasteiger charge is 2.16. The summed E-state index contributed by atoms with van der Waals surface area (Å²) in [6, 6.07) is 14.2. The molecular formula is C22H21N5O4S. The number of hydrogen-bond acceptors (Lipinski definition) is 7. The molecule has 164 valence electrons. The van der Waals surface area contributed by atoms with Gasteiger partial charge in [0.2, 0.25) is 5.91 Å². The fourth-order valence-electron chi connectivity index (χ4n) is 3.06. The standard InChI is InChI=1S/C22H21N5O4S/c1-3-31-17-10-6-15(7-11-17)27-21(29)18-12-23-26-20(18)25-22(27)32-13-19(28)24-14-4-8-16(30-2)9-5-14/h4-12H,3,13H2,1-2H3,(H,23,26)(H,24,28). The van der Waals surface area contributed by atoms with Crippen molar-refractivity contribution in [2.45, 2.75) is 12.1 Å². The first-order chi connectivity index (χ1) is 15.6. The van der Waals surface area contributed by atoms with E-state index in [0.29, 0.717) is 45.7 Å². The summed E-state index contributed by atoms with van der Waals surface area (Å²) in [6.07, 6.45) is 1.45. The Kier molecular flexibility index (Phi) is 6.41. The van der Waals surface area contributed by atoms with Gasteiger partial charge in [0.15, 0.2) is 10.8 Å². The summed E-state index contributed by atoms with van der Waals surface area (Å²) in [5.74, 6) is 1.25. The summed E-state index contributed by atoms with van der Waals surface area (Å²) in [7, 11) is 1.58. The van der Waals surface area contributed by atoms with Gasteiger partial charge in [0.1, 0.15) is 16.9 Å². The van der Waals surface area contributed by atoms with Gasteiger partial charge in [-0.05, 0) is 55.5 Å². The van der Waals surface area contributed by atoms with Crippen molar-refractivity contribution in [1.82, 2.24) is 19.7 Å². The third-order valence-electron chi connectivity index (χ3n) is 4.56. The average molecular weight is 452 g/mol. The van der Waals surface area contributed by atoms with Gasteiger partial charge >= 0.3 is 0 Å². The Bertz CT molecular complexity index is 1280. The van der Waals surface area contributed by atoms with Crippen LogP contribution < -0.4 is 20.3 Å². The number of nitrogens with one attached hydrogen (secondary N) is 2. The van der Waals surface area contributed by atoms with Gasteiger partial charge < -0.3 is 14.8 Å². The van der Waals surface area contributed by atoms with Crippen LogP contribution in [-0.4, -0.2) is 45.1 Å². The Morgan fingerprint density at radius 3 is 2.53 bits per heavy atom. The van der Waals surface area contributed by atoms with E-state index in [2.05, 4.69) is 20.5 Å². The van der Waals surface area contributed by atoms with Crippen LogP contribution in [0.15, 0.2) is 64.7 Å². The number of thioether (sulfide) groups is 1. The minimum Gasteiger partial charge on any atom is -0.497 e. The number of methoxy groups -OCH3 is 1. The lowest BCUT2D eigenvalue weighted by Gasteiger charge is -2.13. The third kappa shape index (κ3) is 4.59. The second kappa shape index (κ2) is 9.56. The van der Waals surface area contributed by atoms with Crippen LogP contribution in [0.3, 0.4) is 0 Å². The van der Waals surface area contributed by atoms with E-state index < -0.39 is 0 Å². The van der Waals surface area contributed by atoms with Crippen molar-refractivity contribution in [3.05, 3.63) is 65.1 Å². The number of rotatable bonds is 8. The Morgan fingerprint density at radius 1 is 1.12 bits per heavy atom. The molecule has 0 aliphatic rings. The SMILES string of the molecule is CCOc1ccc(-n2c(SCC(=O)Nc3ccc(OC)cc3)nc3[nH]ncc3c2=O)cc1. The molecule has 32 heavy (non-hydrogen) atoms. The molecule has 0 saturated carbocycles. The van der Waals surface area contributed by atoms with E-state index in [1.54, 1.807) is 55.6 Å². The van der Waals surface area contributed by atoms with Crippen molar-refractivity contribution < 1.29 is 14.3 Å². The first-order valence-electron chi connectivity index (χ1n) is 9.85. The number of nitrogens with zero attached hydrogens (tertiary/aromatic N) is 3. The first kappa shape index (κ1) is 21.4.